The first-order chi connectivity index (χ1) is 44.4. The SMILES string of the molecule is CC/C=C\C/C=C\C/C=C\C/C=C\C/C=C\CCCCCCCCCCCC(=O)NC(COP(=O)([O-])OCC[N+](C)(C)C)C(/C=C/CCCCCCCCCCCCC)OC(=O)CCCCCCCCCCCCCCCCCCCCCCCCCCCCC. The van der Waals surface area contributed by atoms with Crippen LogP contribution in [0.4, 0.5) is 0 Å². The van der Waals surface area contributed by atoms with Gasteiger partial charge in [0.25, 0.3) is 7.82 Å². The van der Waals surface area contributed by atoms with Gasteiger partial charge in [0.2, 0.25) is 5.91 Å². The third kappa shape index (κ3) is 71.6. The highest BCUT2D eigenvalue weighted by Crippen LogP contribution is 2.38. The number of carbonyl (C=O) groups is 2. The first-order valence-corrected chi connectivity index (χ1v) is 40.7. The van der Waals surface area contributed by atoms with Gasteiger partial charge in [0.15, 0.2) is 0 Å². The molecule has 1 amide bonds. The van der Waals surface area contributed by atoms with E-state index in [1.165, 1.54) is 244 Å². The number of likely N-dealkylation sites (N-methyl/N-ethyl adjacent to an activating group) is 1. The number of hydrogen-bond donors (Lipinski definition) is 1. The van der Waals surface area contributed by atoms with Gasteiger partial charge < -0.3 is 28.5 Å². The number of esters is 1. The number of unbranched alkanes of at least 4 members (excludes halogenated alkanes) is 46. The molecule has 0 aromatic heterocycles. The standard InChI is InChI=1S/C81H151N2O7P/c1-7-10-13-16-19-22-25-28-30-32-34-36-38-40-41-43-45-47-49-51-53-56-59-62-65-68-71-74-81(85)90-79(72-69-66-63-60-57-54-27-24-21-18-15-12-9-3)78(77-89-91(86,87)88-76-75-83(4,5)6)82-80(84)73-70-67-64-61-58-55-52-50-48-46-44-42-39-37-35-33-31-29-26-23-20-17-14-11-8-2/h11,14,20,23,29,31,35,37,42,44,69,72,78-79H,7-10,12-13,15-19,21-22,24-28,30,32-34,36,38-41,43,45-68,70-71,73-77H2,1-6H3,(H-,82,84,86,87)/b14-11-,23-20-,31-29-,37-35-,44-42-,72-69+. The Hall–Kier alpha value is -2.55. The van der Waals surface area contributed by atoms with Gasteiger partial charge in [0, 0.05) is 12.8 Å². The predicted octanol–water partition coefficient (Wildman–Crippen LogP) is 24.8. The van der Waals surface area contributed by atoms with Crippen LogP contribution in [0.15, 0.2) is 72.9 Å². The summed E-state index contributed by atoms with van der Waals surface area (Å²) in [6.45, 7) is 6.79. The first-order valence-electron chi connectivity index (χ1n) is 39.2. The second-order valence-electron chi connectivity index (χ2n) is 27.8. The van der Waals surface area contributed by atoms with Gasteiger partial charge in [-0.2, -0.15) is 0 Å². The molecule has 0 bridgehead atoms. The van der Waals surface area contributed by atoms with Gasteiger partial charge in [0.05, 0.1) is 33.8 Å². The summed E-state index contributed by atoms with van der Waals surface area (Å²) in [5, 5.41) is 3.05. The number of carbonyl (C=O) groups excluding carboxylic acids is 2. The lowest BCUT2D eigenvalue weighted by atomic mass is 10.0. The fourth-order valence-corrected chi connectivity index (χ4v) is 12.4. The van der Waals surface area contributed by atoms with Crippen LogP contribution in [0.25, 0.3) is 0 Å². The van der Waals surface area contributed by atoms with E-state index in [0.29, 0.717) is 17.4 Å². The number of phosphoric ester groups is 1. The van der Waals surface area contributed by atoms with E-state index in [0.717, 1.165) is 103 Å². The summed E-state index contributed by atoms with van der Waals surface area (Å²) in [6.07, 6.45) is 93.3. The molecule has 0 aliphatic heterocycles. The average Bonchev–Trinajstić information content (AvgIpc) is 3.73. The van der Waals surface area contributed by atoms with Crippen LogP contribution < -0.4 is 10.2 Å². The lowest BCUT2D eigenvalue weighted by molar-refractivity contribution is -0.870. The van der Waals surface area contributed by atoms with Gasteiger partial charge in [0.1, 0.15) is 19.3 Å². The van der Waals surface area contributed by atoms with E-state index in [-0.39, 0.29) is 31.5 Å². The summed E-state index contributed by atoms with van der Waals surface area (Å²) < 4.78 is 30.6. The Kier molecular flexibility index (Phi) is 68.3. The summed E-state index contributed by atoms with van der Waals surface area (Å²) >= 11 is 0. The van der Waals surface area contributed by atoms with Crippen molar-refractivity contribution in [2.75, 3.05) is 40.9 Å². The zero-order chi connectivity index (χ0) is 66.3. The van der Waals surface area contributed by atoms with Crippen molar-refractivity contribution in [1.82, 2.24) is 5.32 Å². The molecule has 0 spiro atoms. The monoisotopic (exact) mass is 1300 g/mol. The topological polar surface area (TPSA) is 114 Å². The lowest BCUT2D eigenvalue weighted by Gasteiger charge is -2.30. The fraction of sp³-hybridized carbons (Fsp3) is 0.827. The van der Waals surface area contributed by atoms with Crippen LogP contribution in [0, 0.1) is 0 Å². The van der Waals surface area contributed by atoms with Gasteiger partial charge in [-0.15, -0.1) is 0 Å². The van der Waals surface area contributed by atoms with Crippen LogP contribution in [0.1, 0.15) is 380 Å². The zero-order valence-corrected chi connectivity index (χ0v) is 61.9. The van der Waals surface area contributed by atoms with Crippen molar-refractivity contribution in [1.29, 1.82) is 0 Å². The number of amides is 1. The highest BCUT2D eigenvalue weighted by Gasteiger charge is 2.27. The Labute approximate surface area is 565 Å². The summed E-state index contributed by atoms with van der Waals surface area (Å²) in [5.74, 6) is -0.531. The average molecular weight is 1300 g/mol. The van der Waals surface area contributed by atoms with Crippen molar-refractivity contribution >= 4 is 19.7 Å². The van der Waals surface area contributed by atoms with Crippen molar-refractivity contribution in [2.45, 2.75) is 392 Å². The fourth-order valence-electron chi connectivity index (χ4n) is 11.7. The Morgan fingerprint density at radius 3 is 1.05 bits per heavy atom. The smallest absolute Gasteiger partial charge is 0.306 e. The highest BCUT2D eigenvalue weighted by atomic mass is 31.2. The third-order valence-corrected chi connectivity index (χ3v) is 18.6. The molecule has 0 fully saturated rings. The molecule has 532 valence electrons. The van der Waals surface area contributed by atoms with Crippen LogP contribution in [0.2, 0.25) is 0 Å². The molecular formula is C81H151N2O7P. The van der Waals surface area contributed by atoms with Gasteiger partial charge in [-0.25, -0.2) is 0 Å². The van der Waals surface area contributed by atoms with Gasteiger partial charge in [-0.05, 0) is 76.7 Å². The molecule has 3 atom stereocenters. The van der Waals surface area contributed by atoms with Crippen molar-refractivity contribution in [2.24, 2.45) is 0 Å². The predicted molar refractivity (Wildman–Crippen MR) is 395 cm³/mol. The van der Waals surface area contributed by atoms with Gasteiger partial charge in [-0.1, -0.05) is 364 Å². The number of ether oxygens (including phenoxy) is 1. The lowest BCUT2D eigenvalue weighted by Crippen LogP contribution is -2.47. The number of nitrogens with one attached hydrogen (secondary N) is 1. The summed E-state index contributed by atoms with van der Waals surface area (Å²) in [7, 11) is 1.19. The molecule has 0 rings (SSSR count). The molecule has 3 unspecified atom stereocenters. The van der Waals surface area contributed by atoms with Crippen LogP contribution in [-0.2, 0) is 27.9 Å². The molecule has 0 aliphatic rings. The summed E-state index contributed by atoms with van der Waals surface area (Å²) in [4.78, 5) is 40.3. The molecule has 0 heterocycles. The van der Waals surface area contributed by atoms with Crippen LogP contribution in [0.3, 0.4) is 0 Å². The number of allylic oxidation sites excluding steroid dienone is 11. The quantitative estimate of drug-likeness (QED) is 0.0212. The number of rotatable bonds is 72. The van der Waals surface area contributed by atoms with E-state index in [4.69, 9.17) is 13.8 Å². The molecule has 0 aromatic rings. The van der Waals surface area contributed by atoms with Crippen molar-refractivity contribution in [3.63, 3.8) is 0 Å². The molecule has 91 heavy (non-hydrogen) atoms. The van der Waals surface area contributed by atoms with Gasteiger partial charge in [-0.3, -0.25) is 14.2 Å². The van der Waals surface area contributed by atoms with Crippen molar-refractivity contribution in [3.8, 4) is 0 Å². The molecule has 1 N–H and O–H groups in total. The van der Waals surface area contributed by atoms with E-state index in [1.807, 2.05) is 33.3 Å². The molecule has 0 saturated heterocycles. The van der Waals surface area contributed by atoms with E-state index in [2.05, 4.69) is 86.8 Å². The highest BCUT2D eigenvalue weighted by molar-refractivity contribution is 7.45. The molecule has 0 aromatic carbocycles. The Morgan fingerprint density at radius 1 is 0.396 bits per heavy atom. The Bertz CT molecular complexity index is 1780. The third-order valence-electron chi connectivity index (χ3n) is 17.7. The second-order valence-corrected chi connectivity index (χ2v) is 29.3. The molecule has 0 aliphatic carbocycles. The number of nitrogens with zero attached hydrogens (tertiary/aromatic N) is 1. The van der Waals surface area contributed by atoms with Crippen molar-refractivity contribution < 1.29 is 37.3 Å². The van der Waals surface area contributed by atoms with E-state index in [1.54, 1.807) is 0 Å². The minimum Gasteiger partial charge on any atom is -0.756 e. The minimum absolute atomic E-state index is 0.0238. The number of quaternary nitrogens is 1. The van der Waals surface area contributed by atoms with E-state index < -0.39 is 20.0 Å². The van der Waals surface area contributed by atoms with Crippen LogP contribution in [0.5, 0.6) is 0 Å². The molecule has 9 nitrogen and oxygen atoms in total. The molecule has 0 saturated carbocycles. The Balaban J connectivity index is 4.98. The summed E-state index contributed by atoms with van der Waals surface area (Å²) in [6, 6.07) is -0.894. The molecule has 10 heteroatoms. The van der Waals surface area contributed by atoms with Gasteiger partial charge >= 0.3 is 5.97 Å². The maximum absolute atomic E-state index is 13.6. The van der Waals surface area contributed by atoms with Crippen molar-refractivity contribution in [3.05, 3.63) is 72.9 Å². The number of phosphoric acid groups is 1. The maximum Gasteiger partial charge on any atom is 0.306 e. The molecular weight excluding hydrogens is 1140 g/mol. The Morgan fingerprint density at radius 2 is 0.703 bits per heavy atom. The zero-order valence-electron chi connectivity index (χ0n) is 61.1. The van der Waals surface area contributed by atoms with E-state index >= 15 is 0 Å². The summed E-state index contributed by atoms with van der Waals surface area (Å²) in [5.41, 5.74) is 0. The maximum atomic E-state index is 13.6. The van der Waals surface area contributed by atoms with Crippen LogP contribution in [-0.4, -0.2) is 69.4 Å². The second kappa shape index (κ2) is 70.3. The number of hydrogen-bond acceptors (Lipinski definition) is 7. The largest absolute Gasteiger partial charge is 0.756 e. The first kappa shape index (κ1) is 88.5. The van der Waals surface area contributed by atoms with E-state index in [9.17, 15) is 19.0 Å². The normalized spacial score (nSPS) is 13.8. The molecule has 0 radical (unpaired) electrons. The van der Waals surface area contributed by atoms with Crippen LogP contribution >= 0.6 is 7.82 Å². The minimum atomic E-state index is -4.71.